The molecule has 19 heavy (non-hydrogen) atoms. The van der Waals surface area contributed by atoms with Crippen LogP contribution in [0.25, 0.3) is 0 Å². The molecule has 0 radical (unpaired) electrons. The Balaban J connectivity index is 2.31. The van der Waals surface area contributed by atoms with E-state index in [1.807, 2.05) is 0 Å². The van der Waals surface area contributed by atoms with E-state index in [-0.39, 0.29) is 20.7 Å². The largest absolute Gasteiger partial charge is 0.319 e. The predicted molar refractivity (Wildman–Crippen MR) is 73.5 cm³/mol. The van der Waals surface area contributed by atoms with E-state index in [2.05, 4.69) is 21.2 Å². The summed E-state index contributed by atoms with van der Waals surface area (Å²) in [7, 11) is 0. The number of hydrogen-bond donors (Lipinski definition) is 1. The third-order valence-electron chi connectivity index (χ3n) is 2.38. The van der Waals surface area contributed by atoms with Crippen LogP contribution in [-0.2, 0) is 0 Å². The van der Waals surface area contributed by atoms with Gasteiger partial charge in [0.15, 0.2) is 0 Å². The minimum Gasteiger partial charge on any atom is -0.319 e. The van der Waals surface area contributed by atoms with E-state index in [4.69, 9.17) is 11.6 Å². The summed E-state index contributed by atoms with van der Waals surface area (Å²) in [4.78, 5) is 12.0. The van der Waals surface area contributed by atoms with E-state index in [0.29, 0.717) is 0 Å². The molecule has 0 atom stereocenters. The number of carbonyl (C=O) groups is 1. The van der Waals surface area contributed by atoms with Crippen molar-refractivity contribution >= 4 is 39.1 Å². The summed E-state index contributed by atoms with van der Waals surface area (Å²) < 4.78 is 26.8. The maximum atomic E-state index is 13.4. The van der Waals surface area contributed by atoms with E-state index in [1.54, 1.807) is 6.07 Å². The molecule has 2 aromatic carbocycles. The minimum absolute atomic E-state index is 0.0415. The first-order valence-corrected chi connectivity index (χ1v) is 6.36. The molecule has 0 aliphatic rings. The van der Waals surface area contributed by atoms with E-state index >= 15 is 0 Å². The molecule has 0 saturated carbocycles. The van der Waals surface area contributed by atoms with Crippen molar-refractivity contribution in [2.24, 2.45) is 0 Å². The molecule has 6 heteroatoms. The van der Waals surface area contributed by atoms with Gasteiger partial charge in [-0.25, -0.2) is 8.78 Å². The Bertz CT molecular complexity index is 649. The highest BCUT2D eigenvalue weighted by atomic mass is 79.9. The van der Waals surface area contributed by atoms with Gasteiger partial charge in [0.25, 0.3) is 5.91 Å². The van der Waals surface area contributed by atoms with Crippen molar-refractivity contribution in [3.63, 3.8) is 0 Å². The Kier molecular flexibility index (Phi) is 4.17. The van der Waals surface area contributed by atoms with Gasteiger partial charge in [0.1, 0.15) is 11.6 Å². The van der Waals surface area contributed by atoms with Crippen LogP contribution in [0.5, 0.6) is 0 Å². The van der Waals surface area contributed by atoms with E-state index in [9.17, 15) is 13.6 Å². The summed E-state index contributed by atoms with van der Waals surface area (Å²) in [6.45, 7) is 0. The van der Waals surface area contributed by atoms with Crippen molar-refractivity contribution in [3.8, 4) is 0 Å². The fourth-order valence-corrected chi connectivity index (χ4v) is 2.11. The summed E-state index contributed by atoms with van der Waals surface area (Å²) in [5, 5.41) is 2.21. The Labute approximate surface area is 121 Å². The third-order valence-corrected chi connectivity index (χ3v) is 3.32. The van der Waals surface area contributed by atoms with Gasteiger partial charge in [-0.05, 0) is 40.2 Å². The van der Waals surface area contributed by atoms with Crippen LogP contribution in [0.15, 0.2) is 40.9 Å². The lowest BCUT2D eigenvalue weighted by molar-refractivity contribution is 0.102. The molecule has 0 spiro atoms. The molecule has 1 amide bonds. The molecular weight excluding hydrogens is 340 g/mol. The standard InChI is InChI=1S/C13H7BrClF2NO/c14-8-6-11(17)9(15)5-7(8)13(19)18-12-4-2-1-3-10(12)16/h1-6H,(H,18,19). The lowest BCUT2D eigenvalue weighted by atomic mass is 10.2. The van der Waals surface area contributed by atoms with Crippen molar-refractivity contribution < 1.29 is 13.6 Å². The van der Waals surface area contributed by atoms with Crippen molar-refractivity contribution in [1.82, 2.24) is 0 Å². The quantitative estimate of drug-likeness (QED) is 0.789. The predicted octanol–water partition coefficient (Wildman–Crippen LogP) is 4.63. The van der Waals surface area contributed by atoms with Gasteiger partial charge in [-0.2, -0.15) is 0 Å². The van der Waals surface area contributed by atoms with Gasteiger partial charge < -0.3 is 5.32 Å². The molecular formula is C13H7BrClF2NO. The number of para-hydroxylation sites is 1. The van der Waals surface area contributed by atoms with Crippen LogP contribution >= 0.6 is 27.5 Å². The first-order chi connectivity index (χ1) is 8.99. The second kappa shape index (κ2) is 5.67. The van der Waals surface area contributed by atoms with Gasteiger partial charge in [0.05, 0.1) is 16.3 Å². The highest BCUT2D eigenvalue weighted by Gasteiger charge is 2.15. The molecule has 0 aromatic heterocycles. The Morgan fingerprint density at radius 3 is 2.53 bits per heavy atom. The Hall–Kier alpha value is -1.46. The number of nitrogens with one attached hydrogen (secondary N) is 1. The molecule has 0 aliphatic carbocycles. The van der Waals surface area contributed by atoms with Gasteiger partial charge >= 0.3 is 0 Å². The SMILES string of the molecule is O=C(Nc1ccccc1F)c1cc(Cl)c(F)cc1Br. The number of benzene rings is 2. The van der Waals surface area contributed by atoms with Crippen LogP contribution in [0.2, 0.25) is 5.02 Å². The fraction of sp³-hybridized carbons (Fsp3) is 0. The number of amides is 1. The molecule has 2 rings (SSSR count). The maximum Gasteiger partial charge on any atom is 0.256 e. The van der Waals surface area contributed by atoms with Crippen LogP contribution in [0, 0.1) is 11.6 Å². The number of anilines is 1. The molecule has 0 fully saturated rings. The molecule has 0 bridgehead atoms. The second-order valence-corrected chi connectivity index (χ2v) is 4.94. The summed E-state index contributed by atoms with van der Waals surface area (Å²) >= 11 is 8.67. The number of rotatable bonds is 2. The van der Waals surface area contributed by atoms with Crippen LogP contribution in [0.3, 0.4) is 0 Å². The topological polar surface area (TPSA) is 29.1 Å². The number of halogens is 4. The minimum atomic E-state index is -0.643. The van der Waals surface area contributed by atoms with Crippen LogP contribution in [0.4, 0.5) is 14.5 Å². The zero-order valence-electron chi connectivity index (χ0n) is 9.38. The summed E-state index contributed by atoms with van der Waals surface area (Å²) in [6, 6.07) is 8.01. The summed E-state index contributed by atoms with van der Waals surface area (Å²) in [6.07, 6.45) is 0. The molecule has 0 heterocycles. The molecule has 2 nitrogen and oxygen atoms in total. The second-order valence-electron chi connectivity index (χ2n) is 3.68. The van der Waals surface area contributed by atoms with Crippen LogP contribution < -0.4 is 5.32 Å². The first kappa shape index (κ1) is 14.0. The number of hydrogen-bond acceptors (Lipinski definition) is 1. The Morgan fingerprint density at radius 2 is 1.84 bits per heavy atom. The van der Waals surface area contributed by atoms with E-state index in [0.717, 1.165) is 6.07 Å². The lowest BCUT2D eigenvalue weighted by Gasteiger charge is -2.08. The number of carbonyl (C=O) groups excluding carboxylic acids is 1. The molecule has 2 aromatic rings. The molecule has 1 N–H and O–H groups in total. The molecule has 98 valence electrons. The fourth-order valence-electron chi connectivity index (χ4n) is 1.45. The van der Waals surface area contributed by atoms with Gasteiger partial charge in [-0.15, -0.1) is 0 Å². The smallest absolute Gasteiger partial charge is 0.256 e. The average molecular weight is 347 g/mol. The summed E-state index contributed by atoms with van der Waals surface area (Å²) in [5.74, 6) is -1.78. The van der Waals surface area contributed by atoms with Gasteiger partial charge in [0, 0.05) is 4.47 Å². The maximum absolute atomic E-state index is 13.4. The highest BCUT2D eigenvalue weighted by molar-refractivity contribution is 9.10. The highest BCUT2D eigenvalue weighted by Crippen LogP contribution is 2.25. The normalized spacial score (nSPS) is 10.3. The monoisotopic (exact) mass is 345 g/mol. The average Bonchev–Trinajstić information content (AvgIpc) is 2.36. The van der Waals surface area contributed by atoms with Crippen molar-refractivity contribution in [3.05, 3.63) is 63.1 Å². The van der Waals surface area contributed by atoms with Crippen molar-refractivity contribution in [1.29, 1.82) is 0 Å². The first-order valence-electron chi connectivity index (χ1n) is 5.19. The van der Waals surface area contributed by atoms with Crippen molar-refractivity contribution in [2.75, 3.05) is 5.32 Å². The van der Waals surface area contributed by atoms with E-state index < -0.39 is 17.5 Å². The van der Waals surface area contributed by atoms with Crippen LogP contribution in [0.1, 0.15) is 10.4 Å². The van der Waals surface area contributed by atoms with Gasteiger partial charge in [-0.1, -0.05) is 23.7 Å². The Morgan fingerprint density at radius 1 is 1.16 bits per heavy atom. The molecule has 0 unspecified atom stereocenters. The van der Waals surface area contributed by atoms with Gasteiger partial charge in [-0.3, -0.25) is 4.79 Å². The molecule has 0 saturated heterocycles. The van der Waals surface area contributed by atoms with Crippen LogP contribution in [-0.4, -0.2) is 5.91 Å². The van der Waals surface area contributed by atoms with Gasteiger partial charge in [0.2, 0.25) is 0 Å². The zero-order valence-corrected chi connectivity index (χ0v) is 11.7. The zero-order chi connectivity index (χ0) is 14.0. The molecule has 0 aliphatic heterocycles. The third kappa shape index (κ3) is 3.11. The summed E-state index contributed by atoms with van der Waals surface area (Å²) in [5.41, 5.74) is 0.162. The lowest BCUT2D eigenvalue weighted by Crippen LogP contribution is -2.13. The van der Waals surface area contributed by atoms with E-state index in [1.165, 1.54) is 24.3 Å². The van der Waals surface area contributed by atoms with Crippen molar-refractivity contribution in [2.45, 2.75) is 0 Å².